The van der Waals surface area contributed by atoms with Crippen molar-refractivity contribution in [3.05, 3.63) is 23.8 Å². The van der Waals surface area contributed by atoms with Crippen LogP contribution in [0.4, 0.5) is 8.78 Å². The summed E-state index contributed by atoms with van der Waals surface area (Å²) in [4.78, 5) is 0. The van der Waals surface area contributed by atoms with E-state index < -0.39 is 18.6 Å². The molecule has 0 bridgehead atoms. The molecule has 0 aliphatic carbocycles. The molecule has 0 saturated heterocycles. The molecular weight excluding hydrogens is 208 g/mol. The first kappa shape index (κ1) is 11.7. The Morgan fingerprint density at radius 3 is 2.07 bits per heavy atom. The molecule has 1 aromatic rings. The second kappa shape index (κ2) is 4.00. The lowest BCUT2D eigenvalue weighted by molar-refractivity contribution is -0.0712. The van der Waals surface area contributed by atoms with Gasteiger partial charge in [-0.05, 0) is 17.7 Å². The zero-order valence-electron chi connectivity index (χ0n) is 7.69. The molecule has 1 atom stereocenters. The van der Waals surface area contributed by atoms with Gasteiger partial charge in [0, 0.05) is 6.07 Å². The van der Waals surface area contributed by atoms with E-state index in [2.05, 4.69) is 0 Å². The Bertz CT molecular complexity index is 337. The van der Waals surface area contributed by atoms with Gasteiger partial charge in [-0.1, -0.05) is 0 Å². The molecule has 6 heteroatoms. The molecular formula is C9H11F2NO3. The minimum atomic E-state index is -3.50. The summed E-state index contributed by atoms with van der Waals surface area (Å²) < 4.78 is 25.9. The third-order valence-electron chi connectivity index (χ3n) is 1.95. The quantitative estimate of drug-likeness (QED) is 0.603. The van der Waals surface area contributed by atoms with E-state index in [1.54, 1.807) is 0 Å². The molecule has 0 saturated carbocycles. The summed E-state index contributed by atoms with van der Waals surface area (Å²) in [5.74, 6) is -4.23. The maximum atomic E-state index is 13.0. The standard InChI is InChI=1S/C9H11F2NO3/c10-9(11,4-13)8(12)5-1-6(14)3-7(15)2-5/h1-3,8,13-15H,4,12H2/t8-/m0/s1. The lowest BCUT2D eigenvalue weighted by Crippen LogP contribution is -2.36. The van der Waals surface area contributed by atoms with Crippen molar-refractivity contribution in [3.63, 3.8) is 0 Å². The van der Waals surface area contributed by atoms with Crippen molar-refractivity contribution >= 4 is 0 Å². The van der Waals surface area contributed by atoms with Crippen LogP contribution in [0.15, 0.2) is 18.2 Å². The van der Waals surface area contributed by atoms with Gasteiger partial charge in [0.1, 0.15) is 18.1 Å². The molecule has 0 amide bonds. The van der Waals surface area contributed by atoms with Crippen LogP contribution in [-0.4, -0.2) is 27.8 Å². The van der Waals surface area contributed by atoms with Crippen molar-refractivity contribution in [1.82, 2.24) is 0 Å². The van der Waals surface area contributed by atoms with E-state index in [4.69, 9.17) is 21.1 Å². The van der Waals surface area contributed by atoms with Crippen molar-refractivity contribution in [1.29, 1.82) is 0 Å². The molecule has 0 heterocycles. The van der Waals surface area contributed by atoms with E-state index in [9.17, 15) is 8.78 Å². The van der Waals surface area contributed by atoms with E-state index in [0.717, 1.165) is 18.2 Å². The van der Waals surface area contributed by atoms with E-state index in [1.165, 1.54) is 0 Å². The number of halogens is 2. The molecule has 0 unspecified atom stereocenters. The molecule has 0 aromatic heterocycles. The molecule has 15 heavy (non-hydrogen) atoms. The Morgan fingerprint density at radius 2 is 1.67 bits per heavy atom. The van der Waals surface area contributed by atoms with E-state index in [-0.39, 0.29) is 17.1 Å². The van der Waals surface area contributed by atoms with Crippen molar-refractivity contribution in [2.24, 2.45) is 5.73 Å². The highest BCUT2D eigenvalue weighted by atomic mass is 19.3. The predicted molar refractivity (Wildman–Crippen MR) is 48.7 cm³/mol. The van der Waals surface area contributed by atoms with Crippen molar-refractivity contribution in [2.75, 3.05) is 6.61 Å². The first-order valence-corrected chi connectivity index (χ1v) is 4.14. The van der Waals surface area contributed by atoms with Crippen LogP contribution >= 0.6 is 0 Å². The van der Waals surface area contributed by atoms with Crippen LogP contribution < -0.4 is 5.73 Å². The van der Waals surface area contributed by atoms with Gasteiger partial charge in [0.05, 0.1) is 6.04 Å². The molecule has 0 aliphatic rings. The first-order chi connectivity index (χ1) is 6.86. The fraction of sp³-hybridized carbons (Fsp3) is 0.333. The average molecular weight is 219 g/mol. The van der Waals surface area contributed by atoms with Gasteiger partial charge in [-0.2, -0.15) is 0 Å². The van der Waals surface area contributed by atoms with E-state index >= 15 is 0 Å². The van der Waals surface area contributed by atoms with Crippen LogP contribution in [0, 0.1) is 0 Å². The lowest BCUT2D eigenvalue weighted by Gasteiger charge is -2.21. The summed E-state index contributed by atoms with van der Waals surface area (Å²) in [7, 11) is 0. The van der Waals surface area contributed by atoms with Crippen LogP contribution in [-0.2, 0) is 0 Å². The number of aromatic hydroxyl groups is 2. The van der Waals surface area contributed by atoms with Crippen molar-refractivity contribution in [3.8, 4) is 11.5 Å². The topological polar surface area (TPSA) is 86.7 Å². The third-order valence-corrected chi connectivity index (χ3v) is 1.95. The minimum absolute atomic E-state index is 0.147. The van der Waals surface area contributed by atoms with E-state index in [0.29, 0.717) is 0 Å². The number of aliphatic hydroxyl groups is 1. The van der Waals surface area contributed by atoms with Gasteiger partial charge in [-0.3, -0.25) is 0 Å². The van der Waals surface area contributed by atoms with Crippen molar-refractivity contribution in [2.45, 2.75) is 12.0 Å². The summed E-state index contributed by atoms with van der Waals surface area (Å²) in [6.45, 7) is -1.40. The average Bonchev–Trinajstić information content (AvgIpc) is 2.15. The van der Waals surface area contributed by atoms with Gasteiger partial charge in [-0.25, -0.2) is 8.78 Å². The van der Waals surface area contributed by atoms with Gasteiger partial charge in [0.15, 0.2) is 0 Å². The van der Waals surface area contributed by atoms with Crippen LogP contribution in [0.3, 0.4) is 0 Å². The molecule has 4 nitrogen and oxygen atoms in total. The summed E-state index contributed by atoms with van der Waals surface area (Å²) in [6, 6.07) is 1.23. The zero-order chi connectivity index (χ0) is 11.6. The number of hydrogen-bond donors (Lipinski definition) is 4. The lowest BCUT2D eigenvalue weighted by atomic mass is 10.0. The predicted octanol–water partition coefficient (Wildman–Crippen LogP) is 0.725. The van der Waals surface area contributed by atoms with Gasteiger partial charge < -0.3 is 21.1 Å². The monoisotopic (exact) mass is 219 g/mol. The molecule has 0 radical (unpaired) electrons. The zero-order valence-corrected chi connectivity index (χ0v) is 7.69. The summed E-state index contributed by atoms with van der Waals surface area (Å²) in [5, 5.41) is 26.5. The van der Waals surface area contributed by atoms with Crippen LogP contribution in [0.5, 0.6) is 11.5 Å². The van der Waals surface area contributed by atoms with Gasteiger partial charge in [-0.15, -0.1) is 0 Å². The number of alkyl halides is 2. The summed E-state index contributed by atoms with van der Waals surface area (Å²) in [5.41, 5.74) is 5.04. The van der Waals surface area contributed by atoms with Gasteiger partial charge in [0.25, 0.3) is 5.92 Å². The number of nitrogens with two attached hydrogens (primary N) is 1. The number of aliphatic hydroxyl groups excluding tert-OH is 1. The van der Waals surface area contributed by atoms with Gasteiger partial charge in [0.2, 0.25) is 0 Å². The smallest absolute Gasteiger partial charge is 0.289 e. The number of phenolic OH excluding ortho intramolecular Hbond substituents is 2. The Kier molecular flexibility index (Phi) is 3.11. The van der Waals surface area contributed by atoms with Crippen LogP contribution in [0.1, 0.15) is 11.6 Å². The Hall–Kier alpha value is -1.40. The SMILES string of the molecule is N[C@@H](c1cc(O)cc(O)c1)C(F)(F)CO. The van der Waals surface area contributed by atoms with E-state index in [1.807, 2.05) is 0 Å². The fourth-order valence-corrected chi connectivity index (χ4v) is 1.14. The van der Waals surface area contributed by atoms with Crippen molar-refractivity contribution < 1.29 is 24.1 Å². The molecule has 84 valence electrons. The highest BCUT2D eigenvalue weighted by molar-refractivity contribution is 5.38. The highest BCUT2D eigenvalue weighted by Gasteiger charge is 2.37. The second-order valence-corrected chi connectivity index (χ2v) is 3.18. The number of benzene rings is 1. The Morgan fingerprint density at radius 1 is 1.20 bits per heavy atom. The molecule has 0 spiro atoms. The van der Waals surface area contributed by atoms with Gasteiger partial charge >= 0.3 is 0 Å². The number of rotatable bonds is 3. The van der Waals surface area contributed by atoms with Crippen LogP contribution in [0.25, 0.3) is 0 Å². The third kappa shape index (κ3) is 2.54. The number of phenols is 2. The highest BCUT2D eigenvalue weighted by Crippen LogP contribution is 2.32. The Balaban J connectivity index is 3.06. The number of hydrogen-bond acceptors (Lipinski definition) is 4. The minimum Gasteiger partial charge on any atom is -0.508 e. The maximum absolute atomic E-state index is 13.0. The Labute approximate surface area is 84.6 Å². The largest absolute Gasteiger partial charge is 0.508 e. The molecule has 1 rings (SSSR count). The fourth-order valence-electron chi connectivity index (χ4n) is 1.14. The molecule has 0 aliphatic heterocycles. The normalized spacial score (nSPS) is 13.9. The molecule has 1 aromatic carbocycles. The molecule has 5 N–H and O–H groups in total. The molecule has 0 fully saturated rings. The second-order valence-electron chi connectivity index (χ2n) is 3.18. The van der Waals surface area contributed by atoms with Crippen LogP contribution in [0.2, 0.25) is 0 Å². The summed E-state index contributed by atoms with van der Waals surface area (Å²) >= 11 is 0. The maximum Gasteiger partial charge on any atom is 0.289 e. The summed E-state index contributed by atoms with van der Waals surface area (Å²) in [6.07, 6.45) is 0. The first-order valence-electron chi connectivity index (χ1n) is 4.14.